The molecule has 0 radical (unpaired) electrons. The number of hydrogen-bond acceptors (Lipinski definition) is 4. The molecule has 1 aromatic heterocycles. The fourth-order valence-corrected chi connectivity index (χ4v) is 4.62. The van der Waals surface area contributed by atoms with Gasteiger partial charge in [-0.3, -0.25) is 9.69 Å². The largest absolute Gasteiger partial charge is 0.309 e. The van der Waals surface area contributed by atoms with Crippen molar-refractivity contribution < 1.29 is 4.79 Å². The van der Waals surface area contributed by atoms with E-state index in [0.717, 1.165) is 28.3 Å². The van der Waals surface area contributed by atoms with E-state index in [0.29, 0.717) is 12.1 Å². The molecule has 0 aliphatic carbocycles. The SMILES string of the molecule is Cc1cc(C)c2sc(N(CCCN(C)C)C(=O)c3ccc(C(C)(C)C)cc3)nc2c1. The zero-order valence-electron chi connectivity index (χ0n) is 19.2. The summed E-state index contributed by atoms with van der Waals surface area (Å²) in [5.41, 5.74) is 5.38. The number of anilines is 1. The Morgan fingerprint density at radius 1 is 1.03 bits per heavy atom. The number of carbonyl (C=O) groups excluding carboxylic acids is 1. The lowest BCUT2D eigenvalue weighted by molar-refractivity contribution is 0.0986. The summed E-state index contributed by atoms with van der Waals surface area (Å²) in [4.78, 5) is 22.3. The quantitative estimate of drug-likeness (QED) is 0.502. The minimum absolute atomic E-state index is 0.0163. The van der Waals surface area contributed by atoms with Crippen LogP contribution in [-0.2, 0) is 5.41 Å². The Hall–Kier alpha value is -2.24. The van der Waals surface area contributed by atoms with Crippen molar-refractivity contribution in [1.82, 2.24) is 9.88 Å². The van der Waals surface area contributed by atoms with Gasteiger partial charge in [0.15, 0.2) is 5.13 Å². The highest BCUT2D eigenvalue weighted by molar-refractivity contribution is 7.22. The van der Waals surface area contributed by atoms with Crippen molar-refractivity contribution in [3.05, 3.63) is 58.7 Å². The molecular weight excluding hydrogens is 390 g/mol. The van der Waals surface area contributed by atoms with E-state index in [4.69, 9.17) is 4.98 Å². The van der Waals surface area contributed by atoms with Crippen molar-refractivity contribution in [2.45, 2.75) is 46.5 Å². The van der Waals surface area contributed by atoms with Gasteiger partial charge >= 0.3 is 0 Å². The predicted octanol–water partition coefficient (Wildman–Crippen LogP) is 5.81. The lowest BCUT2D eigenvalue weighted by Crippen LogP contribution is -2.33. The van der Waals surface area contributed by atoms with Gasteiger partial charge in [-0.2, -0.15) is 0 Å². The molecule has 0 saturated heterocycles. The Balaban J connectivity index is 1.96. The van der Waals surface area contributed by atoms with Crippen LogP contribution in [-0.4, -0.2) is 43.0 Å². The normalized spacial score (nSPS) is 12.0. The summed E-state index contributed by atoms with van der Waals surface area (Å²) in [6.45, 7) is 12.3. The third-order valence-corrected chi connectivity index (χ3v) is 6.50. The van der Waals surface area contributed by atoms with E-state index in [1.165, 1.54) is 16.7 Å². The van der Waals surface area contributed by atoms with Gasteiger partial charge in [-0.05, 0) is 81.2 Å². The third-order valence-electron chi connectivity index (χ3n) is 5.27. The van der Waals surface area contributed by atoms with E-state index >= 15 is 0 Å². The van der Waals surface area contributed by atoms with E-state index in [1.807, 2.05) is 17.0 Å². The van der Waals surface area contributed by atoms with Gasteiger partial charge in [0.1, 0.15) is 0 Å². The first-order valence-electron chi connectivity index (χ1n) is 10.5. The number of hydrogen-bond donors (Lipinski definition) is 0. The standard InChI is InChI=1S/C25H33N3OS/c1-17-15-18(2)22-21(16-17)26-24(30-22)28(14-8-13-27(6)7)23(29)19-9-11-20(12-10-19)25(3,4)5/h9-12,15-16H,8,13-14H2,1-7H3. The molecule has 1 amide bonds. The molecule has 160 valence electrons. The minimum atomic E-state index is 0.0163. The number of nitrogens with zero attached hydrogens (tertiary/aromatic N) is 3. The van der Waals surface area contributed by atoms with E-state index in [2.05, 4.69) is 77.9 Å². The zero-order valence-corrected chi connectivity index (χ0v) is 20.1. The molecule has 0 bridgehead atoms. The number of fused-ring (bicyclic) bond motifs is 1. The number of benzene rings is 2. The molecule has 0 aliphatic rings. The molecule has 0 unspecified atom stereocenters. The van der Waals surface area contributed by atoms with Gasteiger partial charge in [0.05, 0.1) is 10.2 Å². The Morgan fingerprint density at radius 3 is 2.30 bits per heavy atom. The molecule has 0 fully saturated rings. The molecule has 0 aliphatic heterocycles. The number of rotatable bonds is 6. The molecule has 0 atom stereocenters. The smallest absolute Gasteiger partial charge is 0.260 e. The predicted molar refractivity (Wildman–Crippen MR) is 129 cm³/mol. The summed E-state index contributed by atoms with van der Waals surface area (Å²) < 4.78 is 1.16. The maximum atomic E-state index is 13.5. The highest BCUT2D eigenvalue weighted by Gasteiger charge is 2.22. The van der Waals surface area contributed by atoms with Crippen LogP contribution in [0.15, 0.2) is 36.4 Å². The van der Waals surface area contributed by atoms with Crippen LogP contribution in [0.5, 0.6) is 0 Å². The van der Waals surface area contributed by atoms with Crippen LogP contribution < -0.4 is 4.90 Å². The zero-order chi connectivity index (χ0) is 22.1. The Kier molecular flexibility index (Phi) is 6.63. The molecule has 3 aromatic rings. The molecule has 30 heavy (non-hydrogen) atoms. The van der Waals surface area contributed by atoms with Gasteiger partial charge in [0, 0.05) is 12.1 Å². The molecule has 4 nitrogen and oxygen atoms in total. The van der Waals surface area contributed by atoms with Crippen molar-refractivity contribution in [2.75, 3.05) is 32.1 Å². The molecule has 5 heteroatoms. The molecule has 0 N–H and O–H groups in total. The van der Waals surface area contributed by atoms with E-state index in [1.54, 1.807) is 11.3 Å². The maximum Gasteiger partial charge on any atom is 0.260 e. The maximum absolute atomic E-state index is 13.5. The van der Waals surface area contributed by atoms with Crippen LogP contribution in [0.2, 0.25) is 0 Å². The van der Waals surface area contributed by atoms with Crippen molar-refractivity contribution in [2.24, 2.45) is 0 Å². The average Bonchev–Trinajstić information content (AvgIpc) is 3.08. The van der Waals surface area contributed by atoms with Gasteiger partial charge in [-0.25, -0.2) is 4.98 Å². The molecule has 0 spiro atoms. The summed E-state index contributed by atoms with van der Waals surface area (Å²) in [5.74, 6) is 0.0163. The van der Waals surface area contributed by atoms with Crippen molar-refractivity contribution in [3.63, 3.8) is 0 Å². The lowest BCUT2D eigenvalue weighted by atomic mass is 9.86. The topological polar surface area (TPSA) is 36.4 Å². The van der Waals surface area contributed by atoms with Crippen molar-refractivity contribution >= 4 is 32.6 Å². The van der Waals surface area contributed by atoms with Gasteiger partial charge in [0.25, 0.3) is 5.91 Å². The number of carbonyl (C=O) groups is 1. The molecule has 1 heterocycles. The highest BCUT2D eigenvalue weighted by atomic mass is 32.1. The minimum Gasteiger partial charge on any atom is -0.309 e. The molecule has 0 saturated carbocycles. The van der Waals surface area contributed by atoms with Crippen molar-refractivity contribution in [1.29, 1.82) is 0 Å². The number of amides is 1. The first-order valence-corrected chi connectivity index (χ1v) is 11.3. The summed E-state index contributed by atoms with van der Waals surface area (Å²) >= 11 is 1.61. The Bertz CT molecular complexity index is 1030. The van der Waals surface area contributed by atoms with Crippen LogP contribution in [0.3, 0.4) is 0 Å². The highest BCUT2D eigenvalue weighted by Crippen LogP contribution is 2.33. The summed E-state index contributed by atoms with van der Waals surface area (Å²) in [6, 6.07) is 12.3. The van der Waals surface area contributed by atoms with Crippen LogP contribution in [0.25, 0.3) is 10.2 Å². The average molecular weight is 424 g/mol. The Labute approximate surface area is 184 Å². The second-order valence-corrected chi connectivity index (χ2v) is 10.3. The van der Waals surface area contributed by atoms with E-state index in [-0.39, 0.29) is 11.3 Å². The number of aromatic nitrogens is 1. The molecule has 2 aromatic carbocycles. The van der Waals surface area contributed by atoms with Crippen LogP contribution in [0, 0.1) is 13.8 Å². The van der Waals surface area contributed by atoms with Crippen LogP contribution in [0.4, 0.5) is 5.13 Å². The molecular formula is C25H33N3OS. The summed E-state index contributed by atoms with van der Waals surface area (Å²) in [7, 11) is 4.11. The first kappa shape index (κ1) is 22.4. The fraction of sp³-hybridized carbons (Fsp3) is 0.440. The first-order chi connectivity index (χ1) is 14.1. The second kappa shape index (κ2) is 8.86. The van der Waals surface area contributed by atoms with Gasteiger partial charge in [-0.1, -0.05) is 50.3 Å². The van der Waals surface area contributed by atoms with E-state index in [9.17, 15) is 4.79 Å². The van der Waals surface area contributed by atoms with Crippen LogP contribution >= 0.6 is 11.3 Å². The fourth-order valence-electron chi connectivity index (χ4n) is 3.58. The van der Waals surface area contributed by atoms with Crippen molar-refractivity contribution in [3.8, 4) is 0 Å². The Morgan fingerprint density at radius 2 is 1.70 bits per heavy atom. The number of thiazole rings is 1. The monoisotopic (exact) mass is 423 g/mol. The molecule has 3 rings (SSSR count). The van der Waals surface area contributed by atoms with Gasteiger partial charge < -0.3 is 4.90 Å². The third kappa shape index (κ3) is 5.08. The van der Waals surface area contributed by atoms with Gasteiger partial charge in [-0.15, -0.1) is 0 Å². The van der Waals surface area contributed by atoms with E-state index < -0.39 is 0 Å². The number of aryl methyl sites for hydroxylation is 2. The summed E-state index contributed by atoms with van der Waals surface area (Å²) in [5, 5.41) is 0.780. The van der Waals surface area contributed by atoms with Gasteiger partial charge in [0.2, 0.25) is 0 Å². The lowest BCUT2D eigenvalue weighted by Gasteiger charge is -2.22. The second-order valence-electron chi connectivity index (χ2n) is 9.37. The summed E-state index contributed by atoms with van der Waals surface area (Å²) in [6.07, 6.45) is 0.896. The van der Waals surface area contributed by atoms with Crippen LogP contribution in [0.1, 0.15) is 54.2 Å².